The first-order chi connectivity index (χ1) is 8.43. The summed E-state index contributed by atoms with van der Waals surface area (Å²) in [4.78, 5) is 1.43. The van der Waals surface area contributed by atoms with Crippen LogP contribution in [-0.4, -0.2) is 5.75 Å². The molecule has 0 bridgehead atoms. The summed E-state index contributed by atoms with van der Waals surface area (Å²) >= 11 is 2.04. The molecule has 1 aromatic carbocycles. The SMILES string of the molecule is c1ccc(SCC2CCC3=C2CCCC3)cc1. The highest BCUT2D eigenvalue weighted by Gasteiger charge is 2.26. The molecule has 1 heteroatoms. The van der Waals surface area contributed by atoms with Gasteiger partial charge in [0, 0.05) is 10.6 Å². The molecule has 0 nitrogen and oxygen atoms in total. The van der Waals surface area contributed by atoms with Crippen LogP contribution in [0.2, 0.25) is 0 Å². The number of rotatable bonds is 3. The molecule has 17 heavy (non-hydrogen) atoms. The fourth-order valence-electron chi connectivity index (χ4n) is 3.19. The molecule has 0 heterocycles. The van der Waals surface area contributed by atoms with Gasteiger partial charge in [-0.2, -0.15) is 0 Å². The zero-order chi connectivity index (χ0) is 11.5. The first-order valence-electron chi connectivity index (χ1n) is 6.82. The molecule has 90 valence electrons. The average molecular weight is 244 g/mol. The Bertz CT molecular complexity index is 405. The predicted octanol–water partition coefficient (Wildman–Crippen LogP) is 5.06. The molecule has 1 atom stereocenters. The van der Waals surface area contributed by atoms with Crippen molar-refractivity contribution in [3.05, 3.63) is 41.5 Å². The molecule has 0 spiro atoms. The molecule has 2 aliphatic rings. The molecular weight excluding hydrogens is 224 g/mol. The van der Waals surface area contributed by atoms with E-state index in [1.54, 1.807) is 0 Å². The predicted molar refractivity (Wildman–Crippen MR) is 75.4 cm³/mol. The van der Waals surface area contributed by atoms with Crippen molar-refractivity contribution in [2.75, 3.05) is 5.75 Å². The number of allylic oxidation sites excluding steroid dienone is 2. The van der Waals surface area contributed by atoms with E-state index in [1.165, 1.54) is 49.2 Å². The second kappa shape index (κ2) is 5.30. The topological polar surface area (TPSA) is 0 Å². The summed E-state index contributed by atoms with van der Waals surface area (Å²) in [6.07, 6.45) is 8.50. The molecule has 0 saturated heterocycles. The molecule has 0 amide bonds. The van der Waals surface area contributed by atoms with E-state index >= 15 is 0 Å². The smallest absolute Gasteiger partial charge is 0.00721 e. The van der Waals surface area contributed by atoms with Crippen molar-refractivity contribution in [2.45, 2.75) is 43.4 Å². The van der Waals surface area contributed by atoms with E-state index in [0.29, 0.717) is 0 Å². The number of hydrogen-bond acceptors (Lipinski definition) is 1. The first kappa shape index (κ1) is 11.4. The van der Waals surface area contributed by atoms with Crippen LogP contribution in [-0.2, 0) is 0 Å². The molecule has 0 fully saturated rings. The van der Waals surface area contributed by atoms with Crippen LogP contribution in [0.4, 0.5) is 0 Å². The number of hydrogen-bond donors (Lipinski definition) is 0. The maximum atomic E-state index is 2.23. The molecule has 0 aliphatic heterocycles. The van der Waals surface area contributed by atoms with Crippen molar-refractivity contribution in [1.29, 1.82) is 0 Å². The van der Waals surface area contributed by atoms with E-state index in [4.69, 9.17) is 0 Å². The summed E-state index contributed by atoms with van der Waals surface area (Å²) in [6.45, 7) is 0. The van der Waals surface area contributed by atoms with E-state index in [9.17, 15) is 0 Å². The zero-order valence-electron chi connectivity index (χ0n) is 10.3. The Morgan fingerprint density at radius 2 is 1.82 bits per heavy atom. The van der Waals surface area contributed by atoms with Gasteiger partial charge in [-0.1, -0.05) is 29.3 Å². The summed E-state index contributed by atoms with van der Waals surface area (Å²) in [6, 6.07) is 10.8. The van der Waals surface area contributed by atoms with E-state index in [2.05, 4.69) is 30.3 Å². The Hall–Kier alpha value is -0.690. The quantitative estimate of drug-likeness (QED) is 0.529. The van der Waals surface area contributed by atoms with Crippen LogP contribution in [0.3, 0.4) is 0 Å². The van der Waals surface area contributed by atoms with E-state index in [0.717, 1.165) is 5.92 Å². The van der Waals surface area contributed by atoms with Gasteiger partial charge in [0.1, 0.15) is 0 Å². The van der Waals surface area contributed by atoms with Gasteiger partial charge in [0.25, 0.3) is 0 Å². The van der Waals surface area contributed by atoms with Gasteiger partial charge >= 0.3 is 0 Å². The molecule has 0 saturated carbocycles. The molecule has 1 unspecified atom stereocenters. The van der Waals surface area contributed by atoms with Crippen LogP contribution in [0.5, 0.6) is 0 Å². The third-order valence-corrected chi connectivity index (χ3v) is 5.29. The molecule has 3 rings (SSSR count). The van der Waals surface area contributed by atoms with E-state index < -0.39 is 0 Å². The van der Waals surface area contributed by atoms with E-state index in [1.807, 2.05) is 22.9 Å². The van der Waals surface area contributed by atoms with Gasteiger partial charge in [0.05, 0.1) is 0 Å². The summed E-state index contributed by atoms with van der Waals surface area (Å²) in [5, 5.41) is 0. The van der Waals surface area contributed by atoms with Gasteiger partial charge in [-0.15, -0.1) is 11.8 Å². The van der Waals surface area contributed by atoms with Crippen molar-refractivity contribution in [3.8, 4) is 0 Å². The van der Waals surface area contributed by atoms with Gasteiger partial charge in [-0.25, -0.2) is 0 Å². The maximum absolute atomic E-state index is 2.23. The molecule has 0 N–H and O–H groups in total. The number of benzene rings is 1. The molecule has 0 radical (unpaired) electrons. The highest BCUT2D eigenvalue weighted by molar-refractivity contribution is 7.99. The van der Waals surface area contributed by atoms with Gasteiger partial charge in [-0.3, -0.25) is 0 Å². The monoisotopic (exact) mass is 244 g/mol. The summed E-state index contributed by atoms with van der Waals surface area (Å²) in [7, 11) is 0. The van der Waals surface area contributed by atoms with E-state index in [-0.39, 0.29) is 0 Å². The Morgan fingerprint density at radius 1 is 1.00 bits per heavy atom. The third-order valence-electron chi connectivity index (χ3n) is 4.11. The van der Waals surface area contributed by atoms with Gasteiger partial charge < -0.3 is 0 Å². The third kappa shape index (κ3) is 2.60. The lowest BCUT2D eigenvalue weighted by atomic mass is 9.90. The second-order valence-electron chi connectivity index (χ2n) is 5.20. The minimum Gasteiger partial charge on any atom is -0.126 e. The van der Waals surface area contributed by atoms with Crippen LogP contribution in [0.1, 0.15) is 38.5 Å². The summed E-state index contributed by atoms with van der Waals surface area (Å²) in [5.74, 6) is 2.18. The average Bonchev–Trinajstić information content (AvgIpc) is 2.81. The van der Waals surface area contributed by atoms with Crippen LogP contribution in [0.25, 0.3) is 0 Å². The fraction of sp³-hybridized carbons (Fsp3) is 0.500. The lowest BCUT2D eigenvalue weighted by molar-refractivity contribution is 0.621. The molecule has 2 aliphatic carbocycles. The highest BCUT2D eigenvalue weighted by Crippen LogP contribution is 2.42. The van der Waals surface area contributed by atoms with Crippen molar-refractivity contribution < 1.29 is 0 Å². The van der Waals surface area contributed by atoms with Gasteiger partial charge in [0.2, 0.25) is 0 Å². The Balaban J connectivity index is 1.61. The molecule has 0 aromatic heterocycles. The van der Waals surface area contributed by atoms with Gasteiger partial charge in [-0.05, 0) is 56.6 Å². The number of thioether (sulfide) groups is 1. The summed E-state index contributed by atoms with van der Waals surface area (Å²) < 4.78 is 0. The Kier molecular flexibility index (Phi) is 3.56. The Morgan fingerprint density at radius 3 is 2.71 bits per heavy atom. The normalized spacial score (nSPS) is 23.9. The largest absolute Gasteiger partial charge is 0.126 e. The minimum atomic E-state index is 0.885. The van der Waals surface area contributed by atoms with Crippen molar-refractivity contribution >= 4 is 11.8 Å². The van der Waals surface area contributed by atoms with Crippen LogP contribution in [0.15, 0.2) is 46.4 Å². The maximum Gasteiger partial charge on any atom is 0.00721 e. The Labute approximate surface area is 109 Å². The summed E-state index contributed by atoms with van der Waals surface area (Å²) in [5.41, 5.74) is 3.68. The van der Waals surface area contributed by atoms with Crippen LogP contribution < -0.4 is 0 Å². The minimum absolute atomic E-state index is 0.885. The second-order valence-corrected chi connectivity index (χ2v) is 6.29. The lowest BCUT2D eigenvalue weighted by Gasteiger charge is -2.19. The van der Waals surface area contributed by atoms with Crippen molar-refractivity contribution in [3.63, 3.8) is 0 Å². The molecular formula is C16H20S. The lowest BCUT2D eigenvalue weighted by Crippen LogP contribution is -2.05. The highest BCUT2D eigenvalue weighted by atomic mass is 32.2. The van der Waals surface area contributed by atoms with Crippen molar-refractivity contribution in [2.24, 2.45) is 5.92 Å². The van der Waals surface area contributed by atoms with Crippen LogP contribution >= 0.6 is 11.8 Å². The first-order valence-corrected chi connectivity index (χ1v) is 7.80. The van der Waals surface area contributed by atoms with Crippen molar-refractivity contribution in [1.82, 2.24) is 0 Å². The van der Waals surface area contributed by atoms with Crippen LogP contribution in [0, 0.1) is 5.92 Å². The van der Waals surface area contributed by atoms with Gasteiger partial charge in [0.15, 0.2) is 0 Å². The fourth-order valence-corrected chi connectivity index (χ4v) is 4.30. The standard InChI is InChI=1S/C16H20S/c1-2-7-15(8-3-1)17-12-14-11-10-13-6-4-5-9-16(13)14/h1-3,7-8,14H,4-6,9-12H2. The molecule has 1 aromatic rings. The zero-order valence-corrected chi connectivity index (χ0v) is 11.1.